The molecule has 52 heavy (non-hydrogen) atoms. The smallest absolute Gasteiger partial charge is 0.343 e. The molecule has 2 aromatic carbocycles. The molecule has 0 fully saturated rings. The second-order valence-corrected chi connectivity index (χ2v) is 10.5. The summed E-state index contributed by atoms with van der Waals surface area (Å²) in [5, 5.41) is 38.2. The number of hydrogen-bond donors (Lipinski definition) is 2. The van der Waals surface area contributed by atoms with Crippen LogP contribution in [0, 0.1) is 5.41 Å². The minimum absolute atomic E-state index is 0.00163. The van der Waals surface area contributed by atoms with E-state index in [1.165, 1.54) is 28.0 Å². The number of unbranched alkanes of at least 4 members (excludes halogenated alkanes) is 2. The van der Waals surface area contributed by atoms with Crippen molar-refractivity contribution in [2.75, 3.05) is 19.8 Å². The summed E-state index contributed by atoms with van der Waals surface area (Å²) >= 11 is 0. The highest BCUT2D eigenvalue weighted by atomic mass is 16.5. The van der Waals surface area contributed by atoms with Crippen LogP contribution in [0.4, 0.5) is 11.5 Å². The zero-order valence-corrected chi connectivity index (χ0v) is 27.4. The molecule has 0 radical (unpaired) electrons. The van der Waals surface area contributed by atoms with Crippen molar-refractivity contribution in [3.05, 3.63) is 113 Å². The van der Waals surface area contributed by atoms with E-state index in [9.17, 15) is 24.3 Å². The van der Waals surface area contributed by atoms with E-state index < -0.39 is 29.1 Å². The molecule has 18 heteroatoms. The molecule has 0 saturated heterocycles. The first-order chi connectivity index (χ1) is 25.4. The summed E-state index contributed by atoms with van der Waals surface area (Å²) in [5.74, 6) is -2.15. The number of hydrogen-bond acceptors (Lipinski definition) is 15. The third-order valence-corrected chi connectivity index (χ3v) is 7.04. The molecule has 0 atom stereocenters. The second kappa shape index (κ2) is 18.0. The Hall–Kier alpha value is -7.24. The molecule has 2 N–H and O–H groups in total. The highest BCUT2D eigenvalue weighted by Crippen LogP contribution is 2.31. The molecule has 0 aliphatic carbocycles. The van der Waals surface area contributed by atoms with Crippen LogP contribution >= 0.6 is 0 Å². The zero-order valence-electron chi connectivity index (χ0n) is 27.4. The number of nitrogens with one attached hydrogen (secondary N) is 1. The van der Waals surface area contributed by atoms with Gasteiger partial charge >= 0.3 is 17.5 Å². The number of nitrogens with zero attached hydrogens (tertiary/aromatic N) is 10. The Bertz CT molecular complexity index is 2160. The fourth-order valence-electron chi connectivity index (χ4n) is 4.61. The van der Waals surface area contributed by atoms with Gasteiger partial charge in [-0.15, -0.1) is 10.2 Å². The van der Waals surface area contributed by atoms with Gasteiger partial charge in [0.25, 0.3) is 5.95 Å². The molecule has 0 aliphatic rings. The van der Waals surface area contributed by atoms with E-state index in [0.29, 0.717) is 36.9 Å². The summed E-state index contributed by atoms with van der Waals surface area (Å²) in [6, 6.07) is 19.0. The average molecular weight is 706 g/mol. The van der Waals surface area contributed by atoms with Gasteiger partial charge in [-0.05, 0) is 49.6 Å². The largest absolute Gasteiger partial charge is 0.492 e. The molecule has 3 aromatic heterocycles. The van der Waals surface area contributed by atoms with Crippen LogP contribution in [0.5, 0.6) is 5.88 Å². The van der Waals surface area contributed by atoms with Crippen LogP contribution in [-0.4, -0.2) is 78.4 Å². The number of aromatic hydroxyl groups is 1. The summed E-state index contributed by atoms with van der Waals surface area (Å²) in [7, 11) is 0. The Balaban J connectivity index is 1.31. The van der Waals surface area contributed by atoms with E-state index in [1.54, 1.807) is 66.7 Å². The molecule has 3 heterocycles. The Labute approximate surface area is 294 Å². The number of carbonyl (C=O) groups is 3. The number of aldehydes is 1. The lowest BCUT2D eigenvalue weighted by Gasteiger charge is -2.12. The maximum absolute atomic E-state index is 13.7. The molecule has 264 valence electrons. The van der Waals surface area contributed by atoms with Gasteiger partial charge < -0.3 is 24.8 Å². The fraction of sp³-hybridized carbons (Fsp3) is 0.176. The first-order valence-corrected chi connectivity index (χ1v) is 15.7. The van der Waals surface area contributed by atoms with Crippen molar-refractivity contribution < 1.29 is 29.0 Å². The van der Waals surface area contributed by atoms with E-state index in [0.717, 1.165) is 17.1 Å². The van der Waals surface area contributed by atoms with Crippen molar-refractivity contribution in [2.45, 2.75) is 19.3 Å². The molecule has 5 aromatic rings. The van der Waals surface area contributed by atoms with Gasteiger partial charge in [0.2, 0.25) is 11.6 Å². The predicted octanol–water partition coefficient (Wildman–Crippen LogP) is 4.78. The van der Waals surface area contributed by atoms with Gasteiger partial charge in [0.1, 0.15) is 18.4 Å². The van der Waals surface area contributed by atoms with Gasteiger partial charge in [-0.1, -0.05) is 36.4 Å². The topological polar surface area (TPSA) is 234 Å². The standard InChI is InChI=1S/C34H31N11O7/c35-21-24(22-39-38-17-18-46)32(49)51-19-8-3-9-20-52-33(50)27-23-40-43(34-36-15-10-16-37-34)29(27)42-41-28-30(47)44(25-11-4-1-5-12-25)45(31(28)48)26-13-6-2-7-14-26/h1-2,4-7,10-16,18,21-23,35,47H,3,8-9,17,19-20H2/b24-22-,35-21?,39-38?,42-41?. The van der Waals surface area contributed by atoms with Gasteiger partial charge in [-0.2, -0.15) is 20.0 Å². The Morgan fingerprint density at radius 3 is 2.17 bits per heavy atom. The number of esters is 2. The van der Waals surface area contributed by atoms with Crippen LogP contribution in [0.2, 0.25) is 0 Å². The molecule has 0 saturated carbocycles. The lowest BCUT2D eigenvalue weighted by Crippen LogP contribution is -2.20. The van der Waals surface area contributed by atoms with Crippen molar-refractivity contribution in [1.82, 2.24) is 29.1 Å². The quantitative estimate of drug-likeness (QED) is 0.0335. The van der Waals surface area contributed by atoms with Crippen molar-refractivity contribution in [2.24, 2.45) is 20.5 Å². The van der Waals surface area contributed by atoms with E-state index in [4.69, 9.17) is 14.9 Å². The highest BCUT2D eigenvalue weighted by Gasteiger charge is 2.25. The third-order valence-electron chi connectivity index (χ3n) is 7.04. The van der Waals surface area contributed by atoms with Crippen LogP contribution in [0.3, 0.4) is 0 Å². The summed E-state index contributed by atoms with van der Waals surface area (Å²) in [6.45, 7) is -0.118. The van der Waals surface area contributed by atoms with E-state index in [-0.39, 0.29) is 42.7 Å². The summed E-state index contributed by atoms with van der Waals surface area (Å²) in [4.78, 5) is 57.7. The monoisotopic (exact) mass is 705 g/mol. The van der Waals surface area contributed by atoms with Crippen LogP contribution in [0.15, 0.2) is 122 Å². The summed E-state index contributed by atoms with van der Waals surface area (Å²) in [6.07, 6.45) is 7.86. The minimum Gasteiger partial charge on any atom is -0.492 e. The number of azo groups is 2. The molecule has 5 rings (SSSR count). The van der Waals surface area contributed by atoms with Gasteiger partial charge in [0.05, 0.1) is 42.6 Å². The first kappa shape index (κ1) is 36.1. The van der Waals surface area contributed by atoms with Gasteiger partial charge in [-0.3, -0.25) is 4.79 Å². The molecule has 18 nitrogen and oxygen atoms in total. The molecule has 0 unspecified atom stereocenters. The summed E-state index contributed by atoms with van der Waals surface area (Å²) < 4.78 is 14.3. The lowest BCUT2D eigenvalue weighted by molar-refractivity contribution is -0.138. The molecule has 0 amide bonds. The number of para-hydroxylation sites is 2. The van der Waals surface area contributed by atoms with Crippen molar-refractivity contribution >= 4 is 35.9 Å². The average Bonchev–Trinajstić information content (AvgIpc) is 3.71. The Kier molecular flexibility index (Phi) is 12.4. The van der Waals surface area contributed by atoms with Gasteiger partial charge in [0.15, 0.2) is 5.82 Å². The number of benzene rings is 2. The molecule has 0 aliphatic heterocycles. The first-order valence-electron chi connectivity index (χ1n) is 15.7. The molecule has 0 bridgehead atoms. The maximum atomic E-state index is 13.7. The van der Waals surface area contributed by atoms with Gasteiger partial charge in [-0.25, -0.2) is 28.9 Å². The minimum atomic E-state index is -0.792. The van der Waals surface area contributed by atoms with Crippen molar-refractivity contribution in [3.8, 4) is 23.2 Å². The second-order valence-electron chi connectivity index (χ2n) is 10.5. The van der Waals surface area contributed by atoms with E-state index in [2.05, 4.69) is 35.5 Å². The van der Waals surface area contributed by atoms with Crippen molar-refractivity contribution in [1.29, 1.82) is 5.41 Å². The number of carbonyl (C=O) groups excluding carboxylic acids is 3. The van der Waals surface area contributed by atoms with Crippen LogP contribution < -0.4 is 5.56 Å². The van der Waals surface area contributed by atoms with Crippen LogP contribution in [0.25, 0.3) is 17.3 Å². The normalized spacial score (nSPS) is 11.6. The fourth-order valence-corrected chi connectivity index (χ4v) is 4.61. The Morgan fingerprint density at radius 2 is 1.52 bits per heavy atom. The molecular formula is C34H31N11O7. The number of aromatic nitrogens is 6. The summed E-state index contributed by atoms with van der Waals surface area (Å²) in [5.41, 5.74) is -0.384. The number of ether oxygens (including phenoxy) is 2. The third kappa shape index (κ3) is 8.67. The SMILES string of the molecule is N=C/C(=C/N=NCC=O)C(=O)OCCCCCOC(=O)c1cnn(-c2ncccn2)c1N=Nc1c(O)n(-c2ccccc2)n(-c2ccccc2)c1=O. The number of rotatable bonds is 17. The van der Waals surface area contributed by atoms with E-state index >= 15 is 0 Å². The Morgan fingerprint density at radius 1 is 0.865 bits per heavy atom. The van der Waals surface area contributed by atoms with Crippen LogP contribution in [-0.2, 0) is 19.1 Å². The van der Waals surface area contributed by atoms with Gasteiger partial charge in [0, 0.05) is 18.6 Å². The molecular weight excluding hydrogens is 674 g/mol. The maximum Gasteiger partial charge on any atom is 0.343 e. The zero-order chi connectivity index (χ0) is 36.7. The van der Waals surface area contributed by atoms with Crippen molar-refractivity contribution in [3.63, 3.8) is 0 Å². The highest BCUT2D eigenvalue weighted by molar-refractivity contribution is 6.08. The lowest BCUT2D eigenvalue weighted by atomic mass is 10.2. The van der Waals surface area contributed by atoms with Crippen LogP contribution in [0.1, 0.15) is 29.6 Å². The van der Waals surface area contributed by atoms with E-state index in [1.807, 2.05) is 0 Å². The molecule has 0 spiro atoms. The predicted molar refractivity (Wildman–Crippen MR) is 184 cm³/mol.